The number of nitrogens with one attached hydrogen (secondary N) is 8. The number of benzene rings is 8. The minimum Gasteiger partial charge on any atom is -0.494 e. The smallest absolute Gasteiger partial charge is 0.335 e. The zero-order valence-corrected chi connectivity index (χ0v) is 78.4. The fraction of sp³-hybridized carbons (Fsp3) is 0.234. The molecule has 10 aromatic rings. The van der Waals surface area contributed by atoms with Crippen LogP contribution >= 0.6 is 0 Å². The zero-order valence-electron chi connectivity index (χ0n) is 78.4. The number of amides is 12. The van der Waals surface area contributed by atoms with E-state index in [1.54, 1.807) is 74.5 Å². The van der Waals surface area contributed by atoms with E-state index in [-0.39, 0.29) is 132 Å². The van der Waals surface area contributed by atoms with Crippen LogP contribution < -0.4 is 64.2 Å². The van der Waals surface area contributed by atoms with Gasteiger partial charge < -0.3 is 41.0 Å². The first-order valence-electron chi connectivity index (χ1n) is 45.5. The third-order valence-electron chi connectivity index (χ3n) is 22.2. The Kier molecular flexibility index (Phi) is 37.3. The number of carbonyl (C=O) groups excluding carboxylic acids is 14. The monoisotopic (exact) mass is 1910 g/mol. The van der Waals surface area contributed by atoms with Crippen LogP contribution in [0.4, 0.5) is 43.7 Å². The van der Waals surface area contributed by atoms with E-state index in [1.165, 1.54) is 129 Å². The number of imide groups is 4. The van der Waals surface area contributed by atoms with Crippen molar-refractivity contribution in [1.82, 2.24) is 29.7 Å². The highest BCUT2D eigenvalue weighted by molar-refractivity contribution is 6.39. The Balaban J connectivity index is 0.000000270. The van der Waals surface area contributed by atoms with E-state index in [0.717, 1.165) is 70.7 Å². The molecular weight excluding hydrogens is 1810 g/mol. The molecule has 0 atom stereocenters. The van der Waals surface area contributed by atoms with Crippen molar-refractivity contribution >= 4 is 134 Å². The van der Waals surface area contributed by atoms with Crippen LogP contribution in [0.5, 0.6) is 11.8 Å². The third kappa shape index (κ3) is 30.1. The fourth-order valence-electron chi connectivity index (χ4n) is 15.0. The second-order valence-corrected chi connectivity index (χ2v) is 33.4. The molecule has 726 valence electrons. The molecule has 10 N–H and O–H groups in total. The number of hydrogen-bond donors (Lipinski definition) is 10. The lowest BCUT2D eigenvalue weighted by atomic mass is 9.97. The molecule has 0 radical (unpaired) electrons. The average molecular weight is 1910 g/mol. The van der Waals surface area contributed by atoms with Gasteiger partial charge in [-0.1, -0.05) is 171 Å². The van der Waals surface area contributed by atoms with Crippen LogP contribution in [0.25, 0.3) is 29.1 Å². The lowest BCUT2D eigenvalue weighted by Gasteiger charge is -2.26. The SMILES string of the molecule is CCCCCC(=O)Nc1cccc(N2C(=O)NC(=O)C(=CC=C(C=Cc3c(O)[nH]c(=O)n(-c4cccc(NC(=O)CCCCC(=O)Cc5ccc(C)c(CC(C)=O)c5)c4)c3=O)c3ccccc3)C2=O)c1.COCCCC(=O)Nc1cccc(N2C(=O)NC(=O)C(=CC=C(C)C=Cc3c(O)[nH]c(=O)n(-c4cccc(NC(=O)CCCOC(=O)Cc5ccc(Cc6ccc(CC(C)=O)cc6)cc5)c4)c3=O)C2=O)c1. The number of anilines is 6. The molecule has 2 aliphatic heterocycles. The Morgan fingerprint density at radius 3 is 1.31 bits per heavy atom. The van der Waals surface area contributed by atoms with Crippen molar-refractivity contribution in [2.45, 2.75) is 144 Å². The zero-order chi connectivity index (χ0) is 101. The number of barbiturate groups is 2. The molecule has 34 nitrogen and oxygen atoms in total. The predicted octanol–water partition coefficient (Wildman–Crippen LogP) is 13.8. The summed E-state index contributed by atoms with van der Waals surface area (Å²) in [6, 6.07) is 51.9. The summed E-state index contributed by atoms with van der Waals surface area (Å²) in [5.41, 5.74) is 4.33. The molecule has 12 rings (SSSR count). The highest BCUT2D eigenvalue weighted by Crippen LogP contribution is 2.30. The number of aryl methyl sites for hydroxylation is 1. The first-order chi connectivity index (χ1) is 67.7. The van der Waals surface area contributed by atoms with Gasteiger partial charge in [0.15, 0.2) is 0 Å². The Hall–Kier alpha value is -17.3. The number of methoxy groups -OCH3 is 1. The standard InChI is InChI=1S/C54H54N6O10.C53H52N6O12/c1-4-5-7-21-47(63)55-40-16-12-18-42(32-40)59-51(67)45(49(65)57-53(59)69)27-25-38(37-14-8-6-9-15-37)26-28-46-50(66)58-54(70)60(52(46)68)43-19-13-17-41(33-43)56-48(64)22-11-10-20-44(62)31-36-24-23-34(2)39(30-36)29-35(3)61;1-33(14-24-43-48(64)56-52(68)58(50(43)66)41-10-4-8-39(31-41)54-45(61)12-6-26-70-3)15-25-44-49(65)57-53(69)59(51(44)67)42-11-5-9-40(32-42)55-46(62)13-7-27-71-47(63)30-38-22-20-37(21-23-38)29-36-18-16-35(17-19-36)28-34(2)60/h6,8-9,12-19,23-28,30,32-33,66H,4-5,7,10-11,20-22,29,31H2,1-3H3,(H,55,63)(H,56,64)(H,58,70)(H,57,65,69);4-5,8-11,14-25,31-32,65H,6-7,12-13,26-30H2,1-3H3,(H,54,61)(H,55,62)(H,57,69)(H,56,64,68). The van der Waals surface area contributed by atoms with Gasteiger partial charge in [0.1, 0.15) is 39.6 Å². The molecule has 2 aromatic heterocycles. The number of hydrogen-bond acceptors (Lipinski definition) is 22. The number of ether oxygens (including phenoxy) is 2. The molecular formula is C107H106N12O22. The van der Waals surface area contributed by atoms with Crippen molar-refractivity contribution in [3.63, 3.8) is 0 Å². The Labute approximate surface area is 809 Å². The van der Waals surface area contributed by atoms with Gasteiger partial charge in [0.05, 0.1) is 35.8 Å². The second kappa shape index (κ2) is 50.5. The number of rotatable bonds is 42. The van der Waals surface area contributed by atoms with Gasteiger partial charge in [-0.15, -0.1) is 0 Å². The van der Waals surface area contributed by atoms with E-state index in [2.05, 4.69) is 41.9 Å². The number of aromatic amines is 2. The van der Waals surface area contributed by atoms with Crippen LogP contribution in [0.3, 0.4) is 0 Å². The maximum atomic E-state index is 14.0. The highest BCUT2D eigenvalue weighted by Gasteiger charge is 2.39. The van der Waals surface area contributed by atoms with E-state index in [4.69, 9.17) is 9.47 Å². The molecule has 0 saturated carbocycles. The number of urea groups is 2. The molecule has 0 spiro atoms. The molecule has 12 amide bonds. The van der Waals surface area contributed by atoms with E-state index in [1.807, 2.05) is 80.6 Å². The van der Waals surface area contributed by atoms with Gasteiger partial charge in [-0.05, 0) is 213 Å². The summed E-state index contributed by atoms with van der Waals surface area (Å²) in [5, 5.41) is 36.7. The Morgan fingerprint density at radius 1 is 0.418 bits per heavy atom. The molecule has 0 bridgehead atoms. The normalized spacial score (nSPS) is 13.4. The van der Waals surface area contributed by atoms with Crippen molar-refractivity contribution in [3.8, 4) is 23.1 Å². The van der Waals surface area contributed by atoms with Gasteiger partial charge in [-0.25, -0.2) is 38.1 Å². The van der Waals surface area contributed by atoms with Gasteiger partial charge in [0.2, 0.25) is 35.4 Å². The Morgan fingerprint density at radius 2 is 0.837 bits per heavy atom. The lowest BCUT2D eigenvalue weighted by molar-refractivity contribution is -0.143. The van der Waals surface area contributed by atoms with E-state index < -0.39 is 93.0 Å². The molecule has 2 fully saturated rings. The quantitative estimate of drug-likeness (QED) is 0.00558. The van der Waals surface area contributed by atoms with Gasteiger partial charge in [0, 0.05) is 87.8 Å². The number of Topliss-reactive ketones (excluding diaryl/α,β-unsaturated/α-hetero) is 3. The first-order valence-corrected chi connectivity index (χ1v) is 45.5. The highest BCUT2D eigenvalue weighted by atomic mass is 16.5. The molecule has 0 aliphatic carbocycles. The van der Waals surface area contributed by atoms with E-state index >= 15 is 0 Å². The van der Waals surface area contributed by atoms with Crippen molar-refractivity contribution in [3.05, 3.63) is 345 Å². The maximum Gasteiger partial charge on any atom is 0.335 e. The second-order valence-electron chi connectivity index (χ2n) is 33.4. The topological polar surface area (TPSA) is 486 Å². The number of allylic oxidation sites excluding steroid dienone is 8. The summed E-state index contributed by atoms with van der Waals surface area (Å²) in [6.45, 7) is 9.01. The molecule has 2 aliphatic rings. The van der Waals surface area contributed by atoms with Gasteiger partial charge in [-0.3, -0.25) is 87.7 Å². The summed E-state index contributed by atoms with van der Waals surface area (Å²) in [6.07, 6.45) is 17.2. The average Bonchev–Trinajstić information content (AvgIpc) is 0.796. The molecule has 2 saturated heterocycles. The van der Waals surface area contributed by atoms with Crippen molar-refractivity contribution < 1.29 is 86.8 Å². The van der Waals surface area contributed by atoms with Crippen molar-refractivity contribution in [2.75, 3.05) is 51.4 Å². The molecule has 4 heterocycles. The summed E-state index contributed by atoms with van der Waals surface area (Å²) >= 11 is 0. The summed E-state index contributed by atoms with van der Waals surface area (Å²) in [4.78, 5) is 238. The number of aromatic nitrogens is 4. The van der Waals surface area contributed by atoms with E-state index in [9.17, 15) is 96.5 Å². The maximum absolute atomic E-state index is 14.0. The molecule has 141 heavy (non-hydrogen) atoms. The lowest BCUT2D eigenvalue weighted by Crippen LogP contribution is -2.54. The van der Waals surface area contributed by atoms with Gasteiger partial charge in [0.25, 0.3) is 34.7 Å². The van der Waals surface area contributed by atoms with E-state index in [0.29, 0.717) is 86.1 Å². The molecule has 34 heteroatoms. The number of esters is 1. The number of ketones is 3. The minimum absolute atomic E-state index is 0.000460. The first kappa shape index (κ1) is 104. The number of nitrogens with zero attached hydrogens (tertiary/aromatic N) is 4. The molecule has 0 unspecified atom stereocenters. The fourth-order valence-corrected chi connectivity index (χ4v) is 15.0. The molecule has 8 aromatic carbocycles. The third-order valence-corrected chi connectivity index (χ3v) is 22.2. The van der Waals surface area contributed by atoms with Gasteiger partial charge >= 0.3 is 29.4 Å². The minimum atomic E-state index is -0.993. The number of H-pyrrole nitrogens is 2. The predicted molar refractivity (Wildman–Crippen MR) is 532 cm³/mol. The van der Waals surface area contributed by atoms with Crippen LogP contribution in [0, 0.1) is 6.92 Å². The van der Waals surface area contributed by atoms with Crippen LogP contribution in [-0.4, -0.2) is 132 Å². The number of carbonyl (C=O) groups is 14. The van der Waals surface area contributed by atoms with Crippen LogP contribution in [0.2, 0.25) is 0 Å². The summed E-state index contributed by atoms with van der Waals surface area (Å²) in [5.74, 6) is -6.79. The number of aromatic hydroxyl groups is 2. The van der Waals surface area contributed by atoms with Crippen LogP contribution in [0.15, 0.2) is 266 Å². The largest absolute Gasteiger partial charge is 0.494 e. The van der Waals surface area contributed by atoms with Crippen molar-refractivity contribution in [2.24, 2.45) is 0 Å². The Bertz CT molecular complexity index is 6930. The van der Waals surface area contributed by atoms with Crippen LogP contribution in [0.1, 0.15) is 160 Å². The van der Waals surface area contributed by atoms with Crippen LogP contribution in [-0.2, 0) is 99.1 Å². The van der Waals surface area contributed by atoms with Gasteiger partial charge in [-0.2, -0.15) is 0 Å². The van der Waals surface area contributed by atoms with Crippen molar-refractivity contribution in [1.29, 1.82) is 0 Å². The number of unbranched alkanes of at least 4 members (excludes halogenated alkanes) is 3. The summed E-state index contributed by atoms with van der Waals surface area (Å²) < 4.78 is 11.9. The summed E-state index contributed by atoms with van der Waals surface area (Å²) in [7, 11) is 1.52.